The van der Waals surface area contributed by atoms with E-state index in [0.29, 0.717) is 29.7 Å². The van der Waals surface area contributed by atoms with E-state index in [2.05, 4.69) is 59.1 Å². The van der Waals surface area contributed by atoms with E-state index >= 15 is 0 Å². The van der Waals surface area contributed by atoms with E-state index in [9.17, 15) is 0 Å². The van der Waals surface area contributed by atoms with Crippen LogP contribution in [0.5, 0.6) is 0 Å². The third-order valence-corrected chi connectivity index (χ3v) is 4.47. The Morgan fingerprint density at radius 2 is 1.95 bits per heavy atom. The highest BCUT2D eigenvalue weighted by molar-refractivity contribution is 9.10. The first-order chi connectivity index (χ1) is 9.88. The van der Waals surface area contributed by atoms with Crippen LogP contribution < -0.4 is 5.32 Å². The topological polar surface area (TPSA) is 51.0 Å². The molecule has 21 heavy (non-hydrogen) atoms. The Bertz CT molecular complexity index is 589. The molecule has 0 saturated heterocycles. The van der Waals surface area contributed by atoms with Gasteiger partial charge in [0.2, 0.25) is 11.8 Å². The van der Waals surface area contributed by atoms with Crippen molar-refractivity contribution >= 4 is 15.9 Å². The second-order valence-electron chi connectivity index (χ2n) is 6.38. The summed E-state index contributed by atoms with van der Waals surface area (Å²) in [6.45, 7) is 10.5. The van der Waals surface area contributed by atoms with Crippen LogP contribution >= 0.6 is 15.9 Å². The lowest BCUT2D eigenvalue weighted by molar-refractivity contribution is 0.250. The summed E-state index contributed by atoms with van der Waals surface area (Å²) < 4.78 is 6.66. The van der Waals surface area contributed by atoms with E-state index in [0.717, 1.165) is 16.6 Å². The smallest absolute Gasteiger partial charge is 0.248 e. The summed E-state index contributed by atoms with van der Waals surface area (Å²) in [6.07, 6.45) is 0. The predicted molar refractivity (Wildman–Crippen MR) is 87.8 cm³/mol. The molecule has 0 radical (unpaired) electrons. The molecule has 1 aromatic heterocycles. The van der Waals surface area contributed by atoms with Crippen LogP contribution in [0.4, 0.5) is 0 Å². The standard InChI is InChI=1S/C16H22BrN3O/c1-11(16(2,3)4)9-18-10-14-19-20-15(21-14)12-7-5-6-8-13(12)17/h5-8,11,18H,9-10H2,1-4H3. The van der Waals surface area contributed by atoms with Gasteiger partial charge in [-0.3, -0.25) is 0 Å². The van der Waals surface area contributed by atoms with Gasteiger partial charge in [0.25, 0.3) is 0 Å². The lowest BCUT2D eigenvalue weighted by Crippen LogP contribution is -2.29. The van der Waals surface area contributed by atoms with Crippen LogP contribution in [0.25, 0.3) is 11.5 Å². The molecule has 5 heteroatoms. The fraction of sp³-hybridized carbons (Fsp3) is 0.500. The molecule has 1 aromatic carbocycles. The zero-order valence-electron chi connectivity index (χ0n) is 13.0. The summed E-state index contributed by atoms with van der Waals surface area (Å²) in [5, 5.41) is 11.6. The van der Waals surface area contributed by atoms with Crippen LogP contribution in [0, 0.1) is 11.3 Å². The van der Waals surface area contributed by atoms with Crippen molar-refractivity contribution in [1.82, 2.24) is 15.5 Å². The molecular formula is C16H22BrN3O. The molecule has 1 unspecified atom stereocenters. The SMILES string of the molecule is CC(CNCc1nnc(-c2ccccc2Br)o1)C(C)(C)C. The van der Waals surface area contributed by atoms with Gasteiger partial charge in [-0.15, -0.1) is 10.2 Å². The zero-order valence-corrected chi connectivity index (χ0v) is 14.6. The molecule has 0 bridgehead atoms. The van der Waals surface area contributed by atoms with Gasteiger partial charge in [-0.1, -0.05) is 39.8 Å². The maximum Gasteiger partial charge on any atom is 0.248 e. The number of halogens is 1. The van der Waals surface area contributed by atoms with E-state index in [1.807, 2.05) is 24.3 Å². The lowest BCUT2D eigenvalue weighted by atomic mass is 9.82. The van der Waals surface area contributed by atoms with Crippen LogP contribution in [0.2, 0.25) is 0 Å². The van der Waals surface area contributed by atoms with Crippen LogP contribution in [0.1, 0.15) is 33.6 Å². The highest BCUT2D eigenvalue weighted by Crippen LogP contribution is 2.27. The van der Waals surface area contributed by atoms with E-state index in [1.165, 1.54) is 0 Å². The van der Waals surface area contributed by atoms with Gasteiger partial charge in [0.05, 0.1) is 12.1 Å². The van der Waals surface area contributed by atoms with Gasteiger partial charge in [0.1, 0.15) is 0 Å². The highest BCUT2D eigenvalue weighted by atomic mass is 79.9. The second kappa shape index (κ2) is 6.71. The van der Waals surface area contributed by atoms with Gasteiger partial charge in [0, 0.05) is 4.47 Å². The number of hydrogen-bond acceptors (Lipinski definition) is 4. The quantitative estimate of drug-likeness (QED) is 0.873. The van der Waals surface area contributed by atoms with Crippen molar-refractivity contribution < 1.29 is 4.42 Å². The van der Waals surface area contributed by atoms with Gasteiger partial charge in [-0.25, -0.2) is 0 Å². The molecule has 1 atom stereocenters. The molecule has 0 saturated carbocycles. The molecule has 1 heterocycles. The predicted octanol–water partition coefficient (Wildman–Crippen LogP) is 4.27. The molecule has 4 nitrogen and oxygen atoms in total. The molecular weight excluding hydrogens is 330 g/mol. The molecule has 2 aromatic rings. The van der Waals surface area contributed by atoms with Crippen LogP contribution in [-0.2, 0) is 6.54 Å². The number of nitrogens with one attached hydrogen (secondary N) is 1. The molecule has 0 aliphatic heterocycles. The van der Waals surface area contributed by atoms with Crippen molar-refractivity contribution in [2.45, 2.75) is 34.2 Å². The summed E-state index contributed by atoms with van der Waals surface area (Å²) in [5.41, 5.74) is 1.21. The minimum Gasteiger partial charge on any atom is -0.419 e. The molecule has 2 rings (SSSR count). The van der Waals surface area contributed by atoms with Crippen LogP contribution in [0.15, 0.2) is 33.2 Å². The van der Waals surface area contributed by atoms with Crippen LogP contribution in [0.3, 0.4) is 0 Å². The third-order valence-electron chi connectivity index (χ3n) is 3.78. The maximum absolute atomic E-state index is 5.70. The van der Waals surface area contributed by atoms with E-state index in [4.69, 9.17) is 4.42 Å². The molecule has 1 N–H and O–H groups in total. The molecule has 0 aliphatic carbocycles. The molecule has 114 valence electrons. The van der Waals surface area contributed by atoms with Gasteiger partial charge in [-0.05, 0) is 45.9 Å². The summed E-state index contributed by atoms with van der Waals surface area (Å²) in [6, 6.07) is 7.83. The van der Waals surface area contributed by atoms with E-state index in [-0.39, 0.29) is 0 Å². The van der Waals surface area contributed by atoms with Gasteiger partial charge < -0.3 is 9.73 Å². The molecule has 0 fully saturated rings. The third kappa shape index (κ3) is 4.38. The van der Waals surface area contributed by atoms with Crippen molar-refractivity contribution in [3.8, 4) is 11.5 Å². The first-order valence-electron chi connectivity index (χ1n) is 7.16. The summed E-state index contributed by atoms with van der Waals surface area (Å²) in [7, 11) is 0. The van der Waals surface area contributed by atoms with Crippen molar-refractivity contribution in [3.63, 3.8) is 0 Å². The minimum absolute atomic E-state index is 0.294. The van der Waals surface area contributed by atoms with E-state index < -0.39 is 0 Å². The Morgan fingerprint density at radius 1 is 1.24 bits per heavy atom. The first-order valence-corrected chi connectivity index (χ1v) is 7.95. The number of aromatic nitrogens is 2. The van der Waals surface area contributed by atoms with Crippen molar-refractivity contribution in [3.05, 3.63) is 34.6 Å². The minimum atomic E-state index is 0.294. The molecule has 0 aliphatic rings. The number of rotatable bonds is 5. The van der Waals surface area contributed by atoms with Gasteiger partial charge in [-0.2, -0.15) is 0 Å². The highest BCUT2D eigenvalue weighted by Gasteiger charge is 2.19. The van der Waals surface area contributed by atoms with Crippen molar-refractivity contribution in [2.24, 2.45) is 11.3 Å². The Balaban J connectivity index is 1.94. The van der Waals surface area contributed by atoms with E-state index in [1.54, 1.807) is 0 Å². The first kappa shape index (κ1) is 16.2. The fourth-order valence-electron chi connectivity index (χ4n) is 1.77. The Kier molecular flexibility index (Phi) is 5.17. The van der Waals surface area contributed by atoms with Crippen molar-refractivity contribution in [1.29, 1.82) is 0 Å². The second-order valence-corrected chi connectivity index (χ2v) is 7.23. The summed E-state index contributed by atoms with van der Waals surface area (Å²) in [5.74, 6) is 1.73. The number of benzene rings is 1. The Labute approximate surface area is 134 Å². The van der Waals surface area contributed by atoms with Crippen molar-refractivity contribution in [2.75, 3.05) is 6.54 Å². The zero-order chi connectivity index (χ0) is 15.5. The average Bonchev–Trinajstić information content (AvgIpc) is 2.86. The maximum atomic E-state index is 5.70. The normalized spacial score (nSPS) is 13.4. The van der Waals surface area contributed by atoms with Crippen LogP contribution in [-0.4, -0.2) is 16.7 Å². The fourth-order valence-corrected chi connectivity index (χ4v) is 2.22. The number of nitrogens with zero attached hydrogens (tertiary/aromatic N) is 2. The van der Waals surface area contributed by atoms with Gasteiger partial charge >= 0.3 is 0 Å². The Morgan fingerprint density at radius 3 is 2.62 bits per heavy atom. The summed E-state index contributed by atoms with van der Waals surface area (Å²) >= 11 is 3.49. The average molecular weight is 352 g/mol. The van der Waals surface area contributed by atoms with Gasteiger partial charge in [0.15, 0.2) is 0 Å². The number of hydrogen-bond donors (Lipinski definition) is 1. The summed E-state index contributed by atoms with van der Waals surface area (Å²) in [4.78, 5) is 0. The monoisotopic (exact) mass is 351 g/mol. The molecule has 0 amide bonds. The Hall–Kier alpha value is -1.20. The largest absolute Gasteiger partial charge is 0.419 e. The molecule has 0 spiro atoms. The lowest BCUT2D eigenvalue weighted by Gasteiger charge is -2.27.